The van der Waals surface area contributed by atoms with Crippen molar-refractivity contribution in [3.05, 3.63) is 0 Å². The van der Waals surface area contributed by atoms with Crippen molar-refractivity contribution in [2.45, 2.75) is 44.2 Å². The number of nitrogens with two attached hydrogens (primary N) is 1. The molecule has 1 aliphatic rings. The van der Waals surface area contributed by atoms with Crippen molar-refractivity contribution in [1.82, 2.24) is 0 Å². The Morgan fingerprint density at radius 2 is 2.08 bits per heavy atom. The maximum absolute atomic E-state index is 9.27. The van der Waals surface area contributed by atoms with E-state index in [0.717, 1.165) is 32.3 Å². The zero-order valence-corrected chi connectivity index (χ0v) is 7.75. The van der Waals surface area contributed by atoms with Crippen LogP contribution in [0.1, 0.15) is 32.6 Å². The van der Waals surface area contributed by atoms with Crippen LogP contribution in [-0.2, 0) is 4.74 Å². The fraction of sp³-hybridized carbons (Fsp3) is 1.00. The Bertz CT molecular complexity index is 125. The summed E-state index contributed by atoms with van der Waals surface area (Å²) in [7, 11) is 0. The van der Waals surface area contributed by atoms with Gasteiger partial charge in [-0.3, -0.25) is 0 Å². The molecule has 1 aliphatic carbocycles. The van der Waals surface area contributed by atoms with Gasteiger partial charge in [0, 0.05) is 12.1 Å². The quantitative estimate of drug-likeness (QED) is 0.659. The van der Waals surface area contributed by atoms with Crippen LogP contribution in [-0.4, -0.2) is 30.0 Å². The van der Waals surface area contributed by atoms with Gasteiger partial charge in [0.25, 0.3) is 0 Å². The molecule has 1 fully saturated rings. The van der Waals surface area contributed by atoms with Crippen LogP contribution in [0.2, 0.25) is 0 Å². The Balaban J connectivity index is 2.29. The molecule has 3 heteroatoms. The summed E-state index contributed by atoms with van der Waals surface area (Å²) in [6.07, 6.45) is 3.28. The van der Waals surface area contributed by atoms with E-state index in [1.54, 1.807) is 0 Å². The second-order valence-electron chi connectivity index (χ2n) is 3.73. The highest BCUT2D eigenvalue weighted by Gasteiger charge is 2.30. The maximum Gasteiger partial charge on any atom is 0.0646 e. The summed E-state index contributed by atoms with van der Waals surface area (Å²) in [6, 6.07) is 0. The van der Waals surface area contributed by atoms with Crippen LogP contribution in [0.4, 0.5) is 0 Å². The SMILES string of the molecule is CCOCC1(N)CCC(O)CC1. The van der Waals surface area contributed by atoms with Gasteiger partial charge >= 0.3 is 0 Å². The fourth-order valence-corrected chi connectivity index (χ4v) is 1.63. The first kappa shape index (κ1) is 9.96. The molecule has 0 radical (unpaired) electrons. The standard InChI is InChI=1S/C9H19NO2/c1-2-12-7-9(10)5-3-8(11)4-6-9/h8,11H,2-7,10H2,1H3. The predicted octanol–water partition coefficient (Wildman–Crippen LogP) is 0.655. The monoisotopic (exact) mass is 173 g/mol. The molecule has 3 nitrogen and oxygen atoms in total. The Morgan fingerprint density at radius 3 is 2.58 bits per heavy atom. The third-order valence-corrected chi connectivity index (χ3v) is 2.54. The van der Waals surface area contributed by atoms with Gasteiger partial charge in [-0.25, -0.2) is 0 Å². The molecule has 1 rings (SSSR count). The lowest BCUT2D eigenvalue weighted by atomic mass is 9.82. The van der Waals surface area contributed by atoms with Gasteiger partial charge in [0.15, 0.2) is 0 Å². The highest BCUT2D eigenvalue weighted by molar-refractivity contribution is 4.89. The van der Waals surface area contributed by atoms with Crippen molar-refractivity contribution in [3.8, 4) is 0 Å². The Morgan fingerprint density at radius 1 is 1.50 bits per heavy atom. The van der Waals surface area contributed by atoms with E-state index < -0.39 is 0 Å². The van der Waals surface area contributed by atoms with Crippen LogP contribution in [0.5, 0.6) is 0 Å². The van der Waals surface area contributed by atoms with Crippen molar-refractivity contribution in [3.63, 3.8) is 0 Å². The van der Waals surface area contributed by atoms with E-state index in [4.69, 9.17) is 10.5 Å². The topological polar surface area (TPSA) is 55.5 Å². The van der Waals surface area contributed by atoms with E-state index in [9.17, 15) is 5.11 Å². The molecule has 0 atom stereocenters. The van der Waals surface area contributed by atoms with Crippen LogP contribution in [0, 0.1) is 0 Å². The van der Waals surface area contributed by atoms with Crippen LogP contribution in [0.15, 0.2) is 0 Å². The Labute approximate surface area is 73.9 Å². The second-order valence-corrected chi connectivity index (χ2v) is 3.73. The molecule has 72 valence electrons. The molecular formula is C9H19NO2. The summed E-state index contributed by atoms with van der Waals surface area (Å²) in [5, 5.41) is 9.27. The lowest BCUT2D eigenvalue weighted by molar-refractivity contribution is 0.0397. The molecule has 0 aromatic heterocycles. The fourth-order valence-electron chi connectivity index (χ4n) is 1.63. The van der Waals surface area contributed by atoms with Gasteiger partial charge in [0.1, 0.15) is 0 Å². The average Bonchev–Trinajstić information content (AvgIpc) is 2.08. The molecule has 0 bridgehead atoms. The molecule has 0 aromatic carbocycles. The minimum atomic E-state index is -0.171. The maximum atomic E-state index is 9.27. The first-order chi connectivity index (χ1) is 5.66. The van der Waals surface area contributed by atoms with Crippen LogP contribution in [0.3, 0.4) is 0 Å². The summed E-state index contributed by atoms with van der Waals surface area (Å²) in [5.41, 5.74) is 5.90. The second kappa shape index (κ2) is 4.21. The van der Waals surface area contributed by atoms with Gasteiger partial charge in [-0.05, 0) is 32.6 Å². The smallest absolute Gasteiger partial charge is 0.0646 e. The average molecular weight is 173 g/mol. The molecule has 0 aromatic rings. The van der Waals surface area contributed by atoms with Gasteiger partial charge in [0.05, 0.1) is 12.7 Å². The summed E-state index contributed by atoms with van der Waals surface area (Å²) in [5.74, 6) is 0. The zero-order chi connectivity index (χ0) is 9.03. The summed E-state index contributed by atoms with van der Waals surface area (Å²) in [4.78, 5) is 0. The van der Waals surface area contributed by atoms with Crippen molar-refractivity contribution in [2.75, 3.05) is 13.2 Å². The first-order valence-corrected chi connectivity index (χ1v) is 4.71. The van der Waals surface area contributed by atoms with Crippen LogP contribution in [0.25, 0.3) is 0 Å². The predicted molar refractivity (Wildman–Crippen MR) is 47.9 cm³/mol. The van der Waals surface area contributed by atoms with Gasteiger partial charge < -0.3 is 15.6 Å². The number of aliphatic hydroxyl groups is 1. The van der Waals surface area contributed by atoms with Gasteiger partial charge in [-0.15, -0.1) is 0 Å². The lowest BCUT2D eigenvalue weighted by Crippen LogP contribution is -2.48. The number of ether oxygens (including phenoxy) is 1. The molecule has 0 amide bonds. The summed E-state index contributed by atoms with van der Waals surface area (Å²) < 4.78 is 5.30. The van der Waals surface area contributed by atoms with E-state index in [0.29, 0.717) is 6.61 Å². The molecule has 0 aliphatic heterocycles. The summed E-state index contributed by atoms with van der Waals surface area (Å²) in [6.45, 7) is 3.33. The van der Waals surface area contributed by atoms with E-state index >= 15 is 0 Å². The molecule has 3 N–H and O–H groups in total. The van der Waals surface area contributed by atoms with E-state index in [1.165, 1.54) is 0 Å². The Hall–Kier alpha value is -0.120. The van der Waals surface area contributed by atoms with E-state index in [-0.39, 0.29) is 11.6 Å². The molecule has 12 heavy (non-hydrogen) atoms. The first-order valence-electron chi connectivity index (χ1n) is 4.71. The third kappa shape index (κ3) is 2.73. The van der Waals surface area contributed by atoms with Crippen molar-refractivity contribution < 1.29 is 9.84 Å². The van der Waals surface area contributed by atoms with Crippen molar-refractivity contribution in [2.24, 2.45) is 5.73 Å². The van der Waals surface area contributed by atoms with E-state index in [1.807, 2.05) is 6.92 Å². The summed E-state index contributed by atoms with van der Waals surface area (Å²) >= 11 is 0. The van der Waals surface area contributed by atoms with Gasteiger partial charge in [-0.2, -0.15) is 0 Å². The number of hydrogen-bond acceptors (Lipinski definition) is 3. The zero-order valence-electron chi connectivity index (χ0n) is 7.75. The molecule has 0 saturated heterocycles. The Kier molecular flexibility index (Phi) is 3.50. The molecule has 0 heterocycles. The van der Waals surface area contributed by atoms with E-state index in [2.05, 4.69) is 0 Å². The third-order valence-electron chi connectivity index (χ3n) is 2.54. The van der Waals surface area contributed by atoms with Crippen LogP contribution < -0.4 is 5.73 Å². The van der Waals surface area contributed by atoms with Crippen molar-refractivity contribution >= 4 is 0 Å². The normalized spacial score (nSPS) is 36.8. The lowest BCUT2D eigenvalue weighted by Gasteiger charge is -2.35. The minimum absolute atomic E-state index is 0.136. The highest BCUT2D eigenvalue weighted by atomic mass is 16.5. The largest absolute Gasteiger partial charge is 0.393 e. The van der Waals surface area contributed by atoms with Gasteiger partial charge in [-0.1, -0.05) is 0 Å². The van der Waals surface area contributed by atoms with Crippen molar-refractivity contribution in [1.29, 1.82) is 0 Å². The van der Waals surface area contributed by atoms with Gasteiger partial charge in [0.2, 0.25) is 0 Å². The number of rotatable bonds is 3. The highest BCUT2D eigenvalue weighted by Crippen LogP contribution is 2.26. The molecule has 1 saturated carbocycles. The van der Waals surface area contributed by atoms with Crippen LogP contribution >= 0.6 is 0 Å². The number of hydrogen-bond donors (Lipinski definition) is 2. The molecule has 0 spiro atoms. The minimum Gasteiger partial charge on any atom is -0.393 e. The molecule has 0 unspecified atom stereocenters. The molecular weight excluding hydrogens is 154 g/mol. The number of aliphatic hydroxyl groups excluding tert-OH is 1.